The molecule has 4 rings (SSSR count). The predicted octanol–water partition coefficient (Wildman–Crippen LogP) is 5.13. The van der Waals surface area contributed by atoms with Crippen LogP contribution in [-0.4, -0.2) is 33.7 Å². The van der Waals surface area contributed by atoms with Gasteiger partial charge in [0.25, 0.3) is 11.6 Å². The smallest absolute Gasteiger partial charge is 0.283 e. The molecule has 1 aliphatic heterocycles. The molecule has 0 radical (unpaired) electrons. The van der Waals surface area contributed by atoms with Gasteiger partial charge in [-0.2, -0.15) is 5.10 Å². The van der Waals surface area contributed by atoms with Gasteiger partial charge >= 0.3 is 0 Å². The van der Waals surface area contributed by atoms with Crippen molar-refractivity contribution in [3.8, 4) is 5.75 Å². The molecule has 0 unspecified atom stereocenters. The van der Waals surface area contributed by atoms with Crippen LogP contribution in [0.5, 0.6) is 5.75 Å². The number of hydrogen-bond donors (Lipinski definition) is 1. The van der Waals surface area contributed by atoms with Crippen LogP contribution in [0.25, 0.3) is 0 Å². The molecular formula is C24H20N4O4S2. The van der Waals surface area contributed by atoms with Crippen molar-refractivity contribution in [2.45, 2.75) is 11.5 Å². The van der Waals surface area contributed by atoms with Crippen molar-refractivity contribution in [2.75, 3.05) is 12.3 Å². The molecule has 34 heavy (non-hydrogen) atoms. The van der Waals surface area contributed by atoms with E-state index in [1.165, 1.54) is 24.0 Å². The largest absolute Gasteiger partial charge is 0.488 e. The van der Waals surface area contributed by atoms with Crippen molar-refractivity contribution >= 4 is 45.7 Å². The summed E-state index contributed by atoms with van der Waals surface area (Å²) in [5.74, 6) is 0.877. The summed E-state index contributed by atoms with van der Waals surface area (Å²) in [5, 5.41) is 15.5. The minimum absolute atomic E-state index is 0.0323. The number of amides is 1. The van der Waals surface area contributed by atoms with E-state index in [1.54, 1.807) is 48.2 Å². The van der Waals surface area contributed by atoms with Crippen molar-refractivity contribution in [2.24, 2.45) is 10.1 Å². The number of nitrogens with zero attached hydrogens (tertiary/aromatic N) is 3. The number of carbonyl (C=O) groups is 1. The summed E-state index contributed by atoms with van der Waals surface area (Å²) < 4.78 is 6.64. The first kappa shape index (κ1) is 23.5. The van der Waals surface area contributed by atoms with Crippen molar-refractivity contribution in [3.63, 3.8) is 0 Å². The van der Waals surface area contributed by atoms with Crippen LogP contribution < -0.4 is 10.2 Å². The quantitative estimate of drug-likeness (QED) is 0.265. The van der Waals surface area contributed by atoms with E-state index in [4.69, 9.17) is 4.74 Å². The lowest BCUT2D eigenvalue weighted by Crippen LogP contribution is -2.18. The van der Waals surface area contributed by atoms with E-state index in [1.807, 2.05) is 30.3 Å². The first-order valence-electron chi connectivity index (χ1n) is 10.3. The lowest BCUT2D eigenvalue weighted by atomic mass is 10.2. The third-order valence-electron chi connectivity index (χ3n) is 4.68. The lowest BCUT2D eigenvalue weighted by Gasteiger charge is -2.10. The zero-order chi connectivity index (χ0) is 23.8. The van der Waals surface area contributed by atoms with Crippen LogP contribution in [-0.2, 0) is 6.61 Å². The van der Waals surface area contributed by atoms with Gasteiger partial charge in [-0.25, -0.2) is 5.43 Å². The molecule has 0 saturated carbocycles. The Morgan fingerprint density at radius 2 is 1.97 bits per heavy atom. The van der Waals surface area contributed by atoms with E-state index in [-0.39, 0.29) is 5.69 Å². The Labute approximate surface area is 204 Å². The van der Waals surface area contributed by atoms with Crippen molar-refractivity contribution in [1.82, 2.24) is 5.43 Å². The van der Waals surface area contributed by atoms with Crippen LogP contribution in [0, 0.1) is 10.1 Å². The molecule has 0 saturated heterocycles. The summed E-state index contributed by atoms with van der Waals surface area (Å²) in [6.45, 7) is 1.05. The fourth-order valence-corrected chi connectivity index (χ4v) is 5.07. The molecule has 1 heterocycles. The van der Waals surface area contributed by atoms with Gasteiger partial charge in [-0.1, -0.05) is 72.1 Å². The Balaban J connectivity index is 1.42. The average molecular weight is 493 g/mol. The Bertz CT molecular complexity index is 1250. The molecule has 0 spiro atoms. The van der Waals surface area contributed by atoms with Crippen LogP contribution in [0.2, 0.25) is 0 Å². The summed E-state index contributed by atoms with van der Waals surface area (Å²) >= 11 is 2.87. The SMILES string of the molecule is O=C(N/N=C/c1ccc(SC2=NCCS2)c([N+](=O)[O-])c1)c1ccccc1OCc1ccccc1. The fourth-order valence-electron chi connectivity index (χ4n) is 3.06. The molecule has 0 aliphatic carbocycles. The van der Waals surface area contributed by atoms with Crippen LogP contribution in [0.3, 0.4) is 0 Å². The number of nitro groups is 1. The monoisotopic (exact) mass is 492 g/mol. The average Bonchev–Trinajstić information content (AvgIpc) is 3.37. The third-order valence-corrected chi connectivity index (χ3v) is 6.92. The number of nitro benzene ring substituents is 1. The van der Waals surface area contributed by atoms with Crippen LogP contribution in [0.4, 0.5) is 5.69 Å². The van der Waals surface area contributed by atoms with E-state index < -0.39 is 10.8 Å². The van der Waals surface area contributed by atoms with Gasteiger partial charge in [-0.15, -0.1) is 0 Å². The highest BCUT2D eigenvalue weighted by molar-refractivity contribution is 8.39. The van der Waals surface area contributed by atoms with E-state index in [0.29, 0.717) is 28.4 Å². The molecule has 0 aromatic heterocycles. The van der Waals surface area contributed by atoms with E-state index in [0.717, 1.165) is 22.2 Å². The number of rotatable bonds is 8. The maximum Gasteiger partial charge on any atom is 0.283 e. The number of ether oxygens (including phenoxy) is 1. The van der Waals surface area contributed by atoms with Crippen LogP contribution in [0.15, 0.2) is 87.8 Å². The number of aliphatic imine (C=N–C) groups is 1. The first-order chi connectivity index (χ1) is 16.6. The van der Waals surface area contributed by atoms with Gasteiger partial charge in [0.15, 0.2) is 0 Å². The molecule has 1 aliphatic rings. The maximum atomic E-state index is 12.7. The molecule has 8 nitrogen and oxygen atoms in total. The molecule has 0 bridgehead atoms. The van der Waals surface area contributed by atoms with Gasteiger partial charge in [0.2, 0.25) is 0 Å². The van der Waals surface area contributed by atoms with Gasteiger partial charge in [0.1, 0.15) is 16.7 Å². The van der Waals surface area contributed by atoms with E-state index >= 15 is 0 Å². The molecular weight excluding hydrogens is 472 g/mol. The topological polar surface area (TPSA) is 106 Å². The summed E-state index contributed by atoms with van der Waals surface area (Å²) in [5.41, 5.74) is 4.24. The second-order valence-corrected chi connectivity index (χ2v) is 9.42. The highest BCUT2D eigenvalue weighted by Gasteiger charge is 2.19. The number of thioether (sulfide) groups is 2. The maximum absolute atomic E-state index is 12.7. The second kappa shape index (κ2) is 11.5. The number of para-hydroxylation sites is 1. The van der Waals surface area contributed by atoms with Crippen molar-refractivity contribution in [1.29, 1.82) is 0 Å². The van der Waals surface area contributed by atoms with Gasteiger partial charge in [-0.05, 0) is 23.8 Å². The zero-order valence-corrected chi connectivity index (χ0v) is 19.6. The normalized spacial score (nSPS) is 13.0. The predicted molar refractivity (Wildman–Crippen MR) is 136 cm³/mol. The molecule has 172 valence electrons. The molecule has 3 aromatic rings. The molecule has 10 heteroatoms. The third kappa shape index (κ3) is 6.24. The summed E-state index contributed by atoms with van der Waals surface area (Å²) in [4.78, 5) is 28.6. The van der Waals surface area contributed by atoms with Gasteiger partial charge in [0, 0.05) is 17.4 Å². The number of hydrazone groups is 1. The fraction of sp³-hybridized carbons (Fsp3) is 0.125. The second-order valence-electron chi connectivity index (χ2n) is 7.05. The van der Waals surface area contributed by atoms with Gasteiger partial charge < -0.3 is 4.74 Å². The van der Waals surface area contributed by atoms with Gasteiger partial charge in [0.05, 0.1) is 28.1 Å². The Kier molecular flexibility index (Phi) is 7.95. The number of nitrogens with one attached hydrogen (secondary N) is 1. The van der Waals surface area contributed by atoms with Crippen molar-refractivity contribution in [3.05, 3.63) is 99.6 Å². The van der Waals surface area contributed by atoms with E-state index in [2.05, 4.69) is 15.5 Å². The summed E-state index contributed by atoms with van der Waals surface area (Å²) in [6, 6.07) is 21.3. The summed E-state index contributed by atoms with van der Waals surface area (Å²) in [6.07, 6.45) is 1.37. The minimum Gasteiger partial charge on any atom is -0.488 e. The number of hydrogen-bond acceptors (Lipinski definition) is 8. The van der Waals surface area contributed by atoms with Crippen molar-refractivity contribution < 1.29 is 14.5 Å². The standard InChI is InChI=1S/C24H20N4O4S2/c29-23(19-8-4-5-9-21(19)32-16-17-6-2-1-3-7-17)27-26-15-18-10-11-22(20(14-18)28(30)31)34-24-25-12-13-33-24/h1-11,14-15H,12-13,16H2,(H,27,29)/b26-15+. The summed E-state index contributed by atoms with van der Waals surface area (Å²) in [7, 11) is 0. The number of carbonyl (C=O) groups excluding carboxylic acids is 1. The van der Waals surface area contributed by atoms with Gasteiger partial charge in [-0.3, -0.25) is 19.9 Å². The minimum atomic E-state index is -0.446. The Hall–Kier alpha value is -3.63. The molecule has 0 atom stereocenters. The Morgan fingerprint density at radius 3 is 2.74 bits per heavy atom. The van der Waals surface area contributed by atoms with Crippen LogP contribution >= 0.6 is 23.5 Å². The highest BCUT2D eigenvalue weighted by Crippen LogP contribution is 2.35. The first-order valence-corrected chi connectivity index (χ1v) is 12.1. The molecule has 3 aromatic carbocycles. The zero-order valence-electron chi connectivity index (χ0n) is 17.9. The van der Waals surface area contributed by atoms with Crippen LogP contribution in [0.1, 0.15) is 21.5 Å². The molecule has 0 fully saturated rings. The lowest BCUT2D eigenvalue weighted by molar-refractivity contribution is -0.387. The molecule has 1 amide bonds. The highest BCUT2D eigenvalue weighted by atomic mass is 32.2. The number of benzene rings is 3. The Morgan fingerprint density at radius 1 is 1.18 bits per heavy atom. The van der Waals surface area contributed by atoms with E-state index in [9.17, 15) is 14.9 Å². The molecule has 1 N–H and O–H groups in total.